The molecule has 20 heavy (non-hydrogen) atoms. The molecule has 0 aliphatic heterocycles. The minimum atomic E-state index is 0.837. The summed E-state index contributed by atoms with van der Waals surface area (Å²) in [5.41, 5.74) is 0. The zero-order chi connectivity index (χ0) is 14.7. The van der Waals surface area contributed by atoms with E-state index in [4.69, 9.17) is 11.6 Å². The van der Waals surface area contributed by atoms with E-state index in [9.17, 15) is 0 Å². The molecule has 0 nitrogen and oxygen atoms in total. The third kappa shape index (κ3) is 18.0. The fourth-order valence-electron chi connectivity index (χ4n) is 2.52. The second-order valence-corrected chi connectivity index (χ2v) is 6.36. The first-order valence-electron chi connectivity index (χ1n) is 9.12. The van der Waals surface area contributed by atoms with E-state index >= 15 is 0 Å². The fourth-order valence-corrected chi connectivity index (χ4v) is 2.71. The highest BCUT2D eigenvalue weighted by atomic mass is 35.5. The first-order chi connectivity index (χ1) is 9.91. The standard InChI is InChI=1S/C19H37Cl/c1-2-3-4-5-6-7-8-9-10-11-12-13-14-15-16-17-18-19-20/h9-10H,2-8,11-19H2,1H3/b10-9-. The van der Waals surface area contributed by atoms with Gasteiger partial charge in [-0.25, -0.2) is 0 Å². The molecule has 0 atom stereocenters. The van der Waals surface area contributed by atoms with E-state index in [-0.39, 0.29) is 0 Å². The summed E-state index contributed by atoms with van der Waals surface area (Å²) in [5, 5.41) is 0. The largest absolute Gasteiger partial charge is 0.127 e. The fraction of sp³-hybridized carbons (Fsp3) is 0.895. The third-order valence-corrected chi connectivity index (χ3v) is 4.16. The maximum absolute atomic E-state index is 5.66. The van der Waals surface area contributed by atoms with Crippen LogP contribution in [0.1, 0.15) is 103 Å². The number of hydrogen-bond acceptors (Lipinski definition) is 0. The van der Waals surface area contributed by atoms with Gasteiger partial charge in [-0.15, -0.1) is 11.6 Å². The lowest BCUT2D eigenvalue weighted by Gasteiger charge is -2.00. The molecule has 0 saturated heterocycles. The van der Waals surface area contributed by atoms with Crippen molar-refractivity contribution >= 4 is 11.6 Å². The second-order valence-electron chi connectivity index (χ2n) is 5.98. The summed E-state index contributed by atoms with van der Waals surface area (Å²) >= 11 is 5.66. The Morgan fingerprint density at radius 1 is 0.550 bits per heavy atom. The van der Waals surface area contributed by atoms with E-state index in [1.807, 2.05) is 0 Å². The molecule has 0 spiro atoms. The van der Waals surface area contributed by atoms with Crippen LogP contribution in [0.25, 0.3) is 0 Å². The predicted octanol–water partition coefficient (Wildman–Crippen LogP) is 7.65. The summed E-state index contributed by atoms with van der Waals surface area (Å²) in [7, 11) is 0. The van der Waals surface area contributed by atoms with Gasteiger partial charge in [-0.05, 0) is 32.1 Å². The van der Waals surface area contributed by atoms with Crippen LogP contribution in [0.15, 0.2) is 12.2 Å². The number of hydrogen-bond donors (Lipinski definition) is 0. The minimum absolute atomic E-state index is 0.837. The van der Waals surface area contributed by atoms with Gasteiger partial charge >= 0.3 is 0 Å². The topological polar surface area (TPSA) is 0 Å². The molecule has 0 heterocycles. The number of halogens is 1. The van der Waals surface area contributed by atoms with Crippen LogP contribution in [0.2, 0.25) is 0 Å². The van der Waals surface area contributed by atoms with Gasteiger partial charge in [0.1, 0.15) is 0 Å². The van der Waals surface area contributed by atoms with Gasteiger partial charge in [0.25, 0.3) is 0 Å². The van der Waals surface area contributed by atoms with E-state index < -0.39 is 0 Å². The molecule has 1 heteroatoms. The predicted molar refractivity (Wildman–Crippen MR) is 94.8 cm³/mol. The summed E-state index contributed by atoms with van der Waals surface area (Å²) in [6.45, 7) is 2.28. The monoisotopic (exact) mass is 300 g/mol. The molecule has 0 aromatic heterocycles. The summed E-state index contributed by atoms with van der Waals surface area (Å²) < 4.78 is 0. The molecule has 0 aromatic carbocycles. The molecule has 120 valence electrons. The third-order valence-electron chi connectivity index (χ3n) is 3.90. The minimum Gasteiger partial charge on any atom is -0.127 e. The Morgan fingerprint density at radius 3 is 1.40 bits per heavy atom. The van der Waals surface area contributed by atoms with Crippen molar-refractivity contribution in [2.24, 2.45) is 0 Å². The zero-order valence-corrected chi connectivity index (χ0v) is 14.6. The average Bonchev–Trinajstić information content (AvgIpc) is 2.47. The lowest BCUT2D eigenvalue weighted by atomic mass is 10.1. The Kier molecular flexibility index (Phi) is 19.1. The lowest BCUT2D eigenvalue weighted by molar-refractivity contribution is 0.592. The first-order valence-corrected chi connectivity index (χ1v) is 9.66. The van der Waals surface area contributed by atoms with Crippen LogP contribution < -0.4 is 0 Å². The van der Waals surface area contributed by atoms with Gasteiger partial charge in [-0.2, -0.15) is 0 Å². The molecule has 0 fully saturated rings. The number of allylic oxidation sites excluding steroid dienone is 2. The van der Waals surface area contributed by atoms with Gasteiger partial charge in [0.2, 0.25) is 0 Å². The van der Waals surface area contributed by atoms with Crippen molar-refractivity contribution in [1.29, 1.82) is 0 Å². The van der Waals surface area contributed by atoms with E-state index in [1.165, 1.54) is 96.3 Å². The Balaban J connectivity index is 3.01. The van der Waals surface area contributed by atoms with Crippen molar-refractivity contribution in [3.05, 3.63) is 12.2 Å². The lowest BCUT2D eigenvalue weighted by Crippen LogP contribution is -1.81. The van der Waals surface area contributed by atoms with Gasteiger partial charge in [0, 0.05) is 5.88 Å². The van der Waals surface area contributed by atoms with Gasteiger partial charge in [-0.3, -0.25) is 0 Å². The molecule has 0 radical (unpaired) electrons. The molecule has 0 saturated carbocycles. The summed E-state index contributed by atoms with van der Waals surface area (Å²) in [4.78, 5) is 0. The molecular formula is C19H37Cl. The smallest absolute Gasteiger partial charge is 0.0223 e. The van der Waals surface area contributed by atoms with Crippen LogP contribution in [0.5, 0.6) is 0 Å². The number of alkyl halides is 1. The molecule has 0 aliphatic rings. The van der Waals surface area contributed by atoms with E-state index in [0.717, 1.165) is 5.88 Å². The van der Waals surface area contributed by atoms with Crippen LogP contribution in [0, 0.1) is 0 Å². The van der Waals surface area contributed by atoms with E-state index in [1.54, 1.807) is 0 Å². The molecule has 0 unspecified atom stereocenters. The normalized spacial score (nSPS) is 11.5. The van der Waals surface area contributed by atoms with Crippen LogP contribution >= 0.6 is 11.6 Å². The van der Waals surface area contributed by atoms with Crippen LogP contribution in [0.4, 0.5) is 0 Å². The van der Waals surface area contributed by atoms with Crippen molar-refractivity contribution in [3.63, 3.8) is 0 Å². The molecule has 0 amide bonds. The average molecular weight is 301 g/mol. The highest BCUT2D eigenvalue weighted by Crippen LogP contribution is 2.10. The number of unbranched alkanes of at least 4 members (excludes halogenated alkanes) is 13. The quantitative estimate of drug-likeness (QED) is 0.156. The molecular weight excluding hydrogens is 264 g/mol. The van der Waals surface area contributed by atoms with Crippen LogP contribution in [-0.4, -0.2) is 5.88 Å². The first kappa shape index (κ1) is 20.0. The summed E-state index contributed by atoms with van der Waals surface area (Å²) in [6.07, 6.45) is 25.3. The maximum Gasteiger partial charge on any atom is 0.0223 e. The Morgan fingerprint density at radius 2 is 0.950 bits per heavy atom. The van der Waals surface area contributed by atoms with Gasteiger partial charge < -0.3 is 0 Å². The van der Waals surface area contributed by atoms with Crippen molar-refractivity contribution < 1.29 is 0 Å². The Hall–Kier alpha value is 0.0300. The molecule has 0 aliphatic carbocycles. The maximum atomic E-state index is 5.66. The Bertz CT molecular complexity index is 186. The van der Waals surface area contributed by atoms with E-state index in [2.05, 4.69) is 19.1 Å². The highest BCUT2D eigenvalue weighted by Gasteiger charge is 1.91. The SMILES string of the molecule is CCCCCCCC/C=C\CCCCCCCCCCl. The van der Waals surface area contributed by atoms with Crippen molar-refractivity contribution in [1.82, 2.24) is 0 Å². The van der Waals surface area contributed by atoms with Crippen LogP contribution in [0.3, 0.4) is 0 Å². The van der Waals surface area contributed by atoms with Gasteiger partial charge in [-0.1, -0.05) is 83.3 Å². The van der Waals surface area contributed by atoms with Gasteiger partial charge in [0.05, 0.1) is 0 Å². The van der Waals surface area contributed by atoms with Crippen molar-refractivity contribution in [3.8, 4) is 0 Å². The molecule has 0 rings (SSSR count). The van der Waals surface area contributed by atoms with Crippen molar-refractivity contribution in [2.75, 3.05) is 5.88 Å². The summed E-state index contributed by atoms with van der Waals surface area (Å²) in [6, 6.07) is 0. The number of rotatable bonds is 16. The zero-order valence-electron chi connectivity index (χ0n) is 13.8. The molecule has 0 bridgehead atoms. The Labute approximate surface area is 133 Å². The second kappa shape index (κ2) is 19.0. The van der Waals surface area contributed by atoms with E-state index in [0.29, 0.717) is 0 Å². The van der Waals surface area contributed by atoms with Gasteiger partial charge in [0.15, 0.2) is 0 Å². The summed E-state index contributed by atoms with van der Waals surface area (Å²) in [5.74, 6) is 0.837. The highest BCUT2D eigenvalue weighted by molar-refractivity contribution is 6.17. The van der Waals surface area contributed by atoms with Crippen molar-refractivity contribution in [2.45, 2.75) is 103 Å². The van der Waals surface area contributed by atoms with Crippen LogP contribution in [-0.2, 0) is 0 Å². The molecule has 0 N–H and O–H groups in total. The molecule has 0 aromatic rings.